The van der Waals surface area contributed by atoms with E-state index in [4.69, 9.17) is 5.11 Å². The second kappa shape index (κ2) is 4.71. The molecule has 0 fully saturated rings. The standard InChI is InChI=1S/C7H11N3O5/c11-2-1-4(12)3-10-6(14)8-5(13)9-7(10)15/h4,11-12H,1-3H2,(H2,8,9,13,14,15). The SMILES string of the molecule is O=c1[nH]c(=O)n(CC(O)CCO)c(=O)[nH]1. The third-order valence-corrected chi connectivity index (χ3v) is 1.79. The fraction of sp³-hybridized carbons (Fsp3) is 0.571. The molecular weight excluding hydrogens is 206 g/mol. The van der Waals surface area contributed by atoms with Gasteiger partial charge in [0.25, 0.3) is 0 Å². The van der Waals surface area contributed by atoms with Gasteiger partial charge in [0.15, 0.2) is 0 Å². The van der Waals surface area contributed by atoms with E-state index in [1.54, 1.807) is 0 Å². The highest BCUT2D eigenvalue weighted by Gasteiger charge is 2.09. The Morgan fingerprint density at radius 1 is 1.20 bits per heavy atom. The first-order valence-corrected chi connectivity index (χ1v) is 4.27. The zero-order valence-corrected chi connectivity index (χ0v) is 7.77. The molecule has 0 aliphatic heterocycles. The Labute approximate surface area is 82.8 Å². The quantitative estimate of drug-likeness (QED) is 0.426. The van der Waals surface area contributed by atoms with E-state index in [-0.39, 0.29) is 19.6 Å². The predicted molar refractivity (Wildman–Crippen MR) is 49.7 cm³/mol. The molecule has 0 aromatic carbocycles. The van der Waals surface area contributed by atoms with Gasteiger partial charge in [-0.25, -0.2) is 19.0 Å². The van der Waals surface area contributed by atoms with Crippen molar-refractivity contribution in [2.75, 3.05) is 6.61 Å². The van der Waals surface area contributed by atoms with Crippen LogP contribution < -0.4 is 17.1 Å². The lowest BCUT2D eigenvalue weighted by atomic mass is 10.2. The summed E-state index contributed by atoms with van der Waals surface area (Å²) in [6.45, 7) is -0.525. The molecule has 0 saturated carbocycles. The number of aliphatic hydroxyl groups is 2. The molecule has 0 radical (unpaired) electrons. The van der Waals surface area contributed by atoms with E-state index in [1.807, 2.05) is 9.97 Å². The van der Waals surface area contributed by atoms with Crippen molar-refractivity contribution < 1.29 is 10.2 Å². The van der Waals surface area contributed by atoms with Crippen LogP contribution in [-0.4, -0.2) is 37.5 Å². The van der Waals surface area contributed by atoms with Gasteiger partial charge < -0.3 is 10.2 Å². The van der Waals surface area contributed by atoms with Gasteiger partial charge in [-0.15, -0.1) is 0 Å². The highest BCUT2D eigenvalue weighted by Crippen LogP contribution is 1.90. The van der Waals surface area contributed by atoms with Crippen molar-refractivity contribution in [1.29, 1.82) is 0 Å². The minimum absolute atomic E-state index is 0.0466. The largest absolute Gasteiger partial charge is 0.396 e. The summed E-state index contributed by atoms with van der Waals surface area (Å²) in [7, 11) is 0. The van der Waals surface area contributed by atoms with Crippen LogP contribution in [0.25, 0.3) is 0 Å². The van der Waals surface area contributed by atoms with Crippen molar-refractivity contribution in [3.05, 3.63) is 31.5 Å². The van der Waals surface area contributed by atoms with Crippen molar-refractivity contribution in [2.45, 2.75) is 19.1 Å². The van der Waals surface area contributed by atoms with Crippen molar-refractivity contribution in [3.63, 3.8) is 0 Å². The number of aromatic nitrogens is 3. The Morgan fingerprint density at radius 3 is 2.20 bits per heavy atom. The first-order chi connectivity index (χ1) is 7.04. The minimum atomic E-state index is -1.01. The summed E-state index contributed by atoms with van der Waals surface area (Å²) in [4.78, 5) is 36.6. The lowest BCUT2D eigenvalue weighted by Gasteiger charge is -2.08. The van der Waals surface area contributed by atoms with Crippen molar-refractivity contribution in [3.8, 4) is 0 Å². The Balaban J connectivity index is 3.01. The summed E-state index contributed by atoms with van der Waals surface area (Å²) in [5, 5.41) is 17.8. The van der Waals surface area contributed by atoms with Crippen LogP contribution in [0.3, 0.4) is 0 Å². The zero-order valence-electron chi connectivity index (χ0n) is 7.77. The van der Waals surface area contributed by atoms with Crippen LogP contribution >= 0.6 is 0 Å². The van der Waals surface area contributed by atoms with Crippen LogP contribution in [0.15, 0.2) is 14.4 Å². The molecule has 8 nitrogen and oxygen atoms in total. The number of H-pyrrole nitrogens is 2. The number of nitrogens with zero attached hydrogens (tertiary/aromatic N) is 1. The minimum Gasteiger partial charge on any atom is -0.396 e. The smallest absolute Gasteiger partial charge is 0.333 e. The van der Waals surface area contributed by atoms with E-state index in [1.165, 1.54) is 0 Å². The van der Waals surface area contributed by atoms with Crippen LogP contribution in [0.5, 0.6) is 0 Å². The van der Waals surface area contributed by atoms with Crippen molar-refractivity contribution in [2.24, 2.45) is 0 Å². The number of nitrogens with one attached hydrogen (secondary N) is 2. The molecular formula is C7H11N3O5. The lowest BCUT2D eigenvalue weighted by molar-refractivity contribution is 0.114. The summed E-state index contributed by atoms with van der Waals surface area (Å²) >= 11 is 0. The maximum absolute atomic E-state index is 11.1. The summed E-state index contributed by atoms with van der Waals surface area (Å²) < 4.78 is 0.654. The monoisotopic (exact) mass is 217 g/mol. The molecule has 1 aromatic rings. The van der Waals surface area contributed by atoms with E-state index in [9.17, 15) is 19.5 Å². The van der Waals surface area contributed by atoms with Gasteiger partial charge in [-0.2, -0.15) is 0 Å². The van der Waals surface area contributed by atoms with Gasteiger partial charge >= 0.3 is 17.1 Å². The lowest BCUT2D eigenvalue weighted by Crippen LogP contribution is -2.45. The second-order valence-corrected chi connectivity index (χ2v) is 2.97. The zero-order chi connectivity index (χ0) is 11.4. The molecule has 0 bridgehead atoms. The van der Waals surface area contributed by atoms with E-state index in [2.05, 4.69) is 0 Å². The van der Waals surface area contributed by atoms with Gasteiger partial charge in [0.1, 0.15) is 0 Å². The first-order valence-electron chi connectivity index (χ1n) is 4.27. The van der Waals surface area contributed by atoms with Gasteiger partial charge in [-0.05, 0) is 6.42 Å². The molecule has 84 valence electrons. The molecule has 15 heavy (non-hydrogen) atoms. The molecule has 8 heteroatoms. The molecule has 1 heterocycles. The highest BCUT2D eigenvalue weighted by atomic mass is 16.3. The Morgan fingerprint density at radius 2 is 1.73 bits per heavy atom. The molecule has 1 atom stereocenters. The van der Waals surface area contributed by atoms with Crippen LogP contribution in [0.4, 0.5) is 0 Å². The van der Waals surface area contributed by atoms with Crippen LogP contribution in [0, 0.1) is 0 Å². The molecule has 1 rings (SSSR count). The number of aromatic amines is 2. The van der Waals surface area contributed by atoms with Crippen LogP contribution in [0.2, 0.25) is 0 Å². The summed E-state index contributed by atoms with van der Waals surface area (Å²) in [6, 6.07) is 0. The van der Waals surface area contributed by atoms with Gasteiger partial charge in [0.05, 0.1) is 12.6 Å². The molecule has 1 unspecified atom stereocenters. The van der Waals surface area contributed by atoms with Crippen molar-refractivity contribution >= 4 is 0 Å². The Hall–Kier alpha value is -1.67. The number of hydrogen-bond donors (Lipinski definition) is 4. The number of rotatable bonds is 4. The van der Waals surface area contributed by atoms with E-state index in [0.29, 0.717) is 4.57 Å². The maximum atomic E-state index is 11.1. The molecule has 0 aliphatic rings. The third-order valence-electron chi connectivity index (χ3n) is 1.79. The average Bonchev–Trinajstić information content (AvgIpc) is 2.11. The summed E-state index contributed by atoms with van der Waals surface area (Å²) in [5.41, 5.74) is -2.67. The fourth-order valence-corrected chi connectivity index (χ4v) is 1.07. The summed E-state index contributed by atoms with van der Waals surface area (Å²) in [5.74, 6) is 0. The third kappa shape index (κ3) is 2.89. The summed E-state index contributed by atoms with van der Waals surface area (Å²) in [6.07, 6.45) is -0.968. The second-order valence-electron chi connectivity index (χ2n) is 2.97. The van der Waals surface area contributed by atoms with Gasteiger partial charge in [0, 0.05) is 6.61 Å². The van der Waals surface area contributed by atoms with Crippen LogP contribution in [-0.2, 0) is 6.54 Å². The van der Waals surface area contributed by atoms with Crippen molar-refractivity contribution in [1.82, 2.24) is 14.5 Å². The first kappa shape index (κ1) is 11.4. The molecule has 0 saturated heterocycles. The van der Waals surface area contributed by atoms with E-state index >= 15 is 0 Å². The molecule has 0 aliphatic carbocycles. The molecule has 4 N–H and O–H groups in total. The topological polar surface area (TPSA) is 128 Å². The van der Waals surface area contributed by atoms with Gasteiger partial charge in [-0.3, -0.25) is 9.97 Å². The van der Waals surface area contributed by atoms with Gasteiger partial charge in [0.2, 0.25) is 0 Å². The maximum Gasteiger partial charge on any atom is 0.333 e. The number of hydrogen-bond acceptors (Lipinski definition) is 5. The molecule has 1 aromatic heterocycles. The molecule has 0 amide bonds. The van der Waals surface area contributed by atoms with Gasteiger partial charge in [-0.1, -0.05) is 0 Å². The van der Waals surface area contributed by atoms with E-state index < -0.39 is 23.2 Å². The highest BCUT2D eigenvalue weighted by molar-refractivity contribution is 4.71. The molecule has 0 spiro atoms. The average molecular weight is 217 g/mol. The van der Waals surface area contributed by atoms with E-state index in [0.717, 1.165) is 0 Å². The number of aliphatic hydroxyl groups excluding tert-OH is 2. The predicted octanol–water partition coefficient (Wildman–Crippen LogP) is -3.03. The fourth-order valence-electron chi connectivity index (χ4n) is 1.07. The normalized spacial score (nSPS) is 12.7. The van der Waals surface area contributed by atoms with Crippen LogP contribution in [0.1, 0.15) is 6.42 Å². The Bertz CT molecular complexity index is 450. The Kier molecular flexibility index (Phi) is 3.58.